The monoisotopic (exact) mass is 387 g/mol. The van der Waals surface area contributed by atoms with Gasteiger partial charge in [0.25, 0.3) is 5.78 Å². The SMILES string of the molecule is Fc1ccc(CNc2cc(-c3ccccc3)nc3ncnn23)c(C(F)(F)F)c1. The lowest BCUT2D eigenvalue weighted by molar-refractivity contribution is -0.138. The molecule has 2 heterocycles. The zero-order valence-electron chi connectivity index (χ0n) is 14.3. The molecule has 0 saturated carbocycles. The second kappa shape index (κ2) is 6.91. The van der Waals surface area contributed by atoms with E-state index in [1.165, 1.54) is 10.8 Å². The Hall–Kier alpha value is -3.49. The summed E-state index contributed by atoms with van der Waals surface area (Å²) in [5.41, 5.74) is 0.319. The first-order chi connectivity index (χ1) is 13.4. The number of anilines is 1. The normalized spacial score (nSPS) is 11.7. The van der Waals surface area contributed by atoms with Crippen molar-refractivity contribution in [2.45, 2.75) is 12.7 Å². The molecule has 0 atom stereocenters. The van der Waals surface area contributed by atoms with Gasteiger partial charge >= 0.3 is 6.18 Å². The number of hydrogen-bond acceptors (Lipinski definition) is 4. The minimum Gasteiger partial charge on any atom is -0.366 e. The van der Waals surface area contributed by atoms with Crippen molar-refractivity contribution in [3.05, 3.63) is 77.9 Å². The van der Waals surface area contributed by atoms with E-state index in [0.29, 0.717) is 23.4 Å². The molecule has 0 aliphatic carbocycles. The zero-order valence-corrected chi connectivity index (χ0v) is 14.3. The molecule has 0 radical (unpaired) electrons. The van der Waals surface area contributed by atoms with Crippen LogP contribution in [-0.2, 0) is 12.7 Å². The zero-order chi connectivity index (χ0) is 19.7. The molecule has 9 heteroatoms. The largest absolute Gasteiger partial charge is 0.416 e. The van der Waals surface area contributed by atoms with Crippen molar-refractivity contribution in [3.8, 4) is 11.3 Å². The first-order valence-electron chi connectivity index (χ1n) is 8.27. The van der Waals surface area contributed by atoms with E-state index >= 15 is 0 Å². The van der Waals surface area contributed by atoms with Crippen molar-refractivity contribution in [3.63, 3.8) is 0 Å². The summed E-state index contributed by atoms with van der Waals surface area (Å²) in [6, 6.07) is 13.6. The number of nitrogens with one attached hydrogen (secondary N) is 1. The third kappa shape index (κ3) is 3.51. The number of hydrogen-bond donors (Lipinski definition) is 1. The van der Waals surface area contributed by atoms with Crippen LogP contribution in [0.1, 0.15) is 11.1 Å². The van der Waals surface area contributed by atoms with Gasteiger partial charge in [0, 0.05) is 18.2 Å². The average Bonchev–Trinajstić information content (AvgIpc) is 3.15. The Labute approximate surface area is 156 Å². The predicted octanol–water partition coefficient (Wildman–Crippen LogP) is 4.56. The van der Waals surface area contributed by atoms with Gasteiger partial charge in [0.1, 0.15) is 18.0 Å². The minimum atomic E-state index is -4.66. The third-order valence-corrected chi connectivity index (χ3v) is 4.16. The summed E-state index contributed by atoms with van der Waals surface area (Å²) < 4.78 is 54.3. The summed E-state index contributed by atoms with van der Waals surface area (Å²) >= 11 is 0. The predicted molar refractivity (Wildman–Crippen MR) is 94.9 cm³/mol. The fourth-order valence-corrected chi connectivity index (χ4v) is 2.85. The standard InChI is InChI=1S/C19H13F4N5/c20-14-7-6-13(15(8-14)19(21,22)23)10-24-17-9-16(12-4-2-1-3-5-12)27-18-25-11-26-28(17)18/h1-9,11,24H,10H2. The summed E-state index contributed by atoms with van der Waals surface area (Å²) in [5.74, 6) is -0.220. The van der Waals surface area contributed by atoms with Crippen molar-refractivity contribution >= 4 is 11.6 Å². The highest BCUT2D eigenvalue weighted by atomic mass is 19.4. The highest BCUT2D eigenvalue weighted by Gasteiger charge is 2.33. The molecular formula is C19H13F4N5. The van der Waals surface area contributed by atoms with E-state index in [1.807, 2.05) is 30.3 Å². The number of fused-ring (bicyclic) bond motifs is 1. The second-order valence-electron chi connectivity index (χ2n) is 6.02. The number of alkyl halides is 3. The highest BCUT2D eigenvalue weighted by molar-refractivity contribution is 5.65. The van der Waals surface area contributed by atoms with Crippen molar-refractivity contribution in [1.29, 1.82) is 0 Å². The summed E-state index contributed by atoms with van der Waals surface area (Å²) in [5, 5.41) is 6.98. The molecule has 2 aromatic carbocycles. The maximum Gasteiger partial charge on any atom is 0.416 e. The van der Waals surface area contributed by atoms with Crippen LogP contribution in [0.25, 0.3) is 17.0 Å². The first kappa shape index (κ1) is 17.9. The molecule has 142 valence electrons. The molecule has 0 aliphatic heterocycles. The van der Waals surface area contributed by atoms with E-state index in [4.69, 9.17) is 0 Å². The molecule has 4 aromatic rings. The van der Waals surface area contributed by atoms with Crippen LogP contribution < -0.4 is 5.32 Å². The highest BCUT2D eigenvalue weighted by Crippen LogP contribution is 2.33. The molecule has 0 spiro atoms. The Bertz CT molecular complexity index is 1120. The van der Waals surface area contributed by atoms with E-state index in [2.05, 4.69) is 20.4 Å². The molecule has 28 heavy (non-hydrogen) atoms. The molecule has 1 N–H and O–H groups in total. The second-order valence-corrected chi connectivity index (χ2v) is 6.02. The van der Waals surface area contributed by atoms with Gasteiger partial charge in [0.2, 0.25) is 0 Å². The topological polar surface area (TPSA) is 55.1 Å². The van der Waals surface area contributed by atoms with Crippen molar-refractivity contribution in [1.82, 2.24) is 19.6 Å². The molecule has 0 saturated heterocycles. The summed E-state index contributed by atoms with van der Waals surface area (Å²) in [7, 11) is 0. The minimum absolute atomic E-state index is 0.0831. The van der Waals surface area contributed by atoms with Crippen LogP contribution in [0.5, 0.6) is 0 Å². The van der Waals surface area contributed by atoms with Gasteiger partial charge in [-0.1, -0.05) is 36.4 Å². The Kier molecular flexibility index (Phi) is 4.42. The molecular weight excluding hydrogens is 374 g/mol. The smallest absolute Gasteiger partial charge is 0.366 e. The lowest BCUT2D eigenvalue weighted by Crippen LogP contribution is -2.14. The number of aromatic nitrogens is 4. The number of rotatable bonds is 4. The van der Waals surface area contributed by atoms with Crippen LogP contribution in [0, 0.1) is 5.82 Å². The molecule has 2 aromatic heterocycles. The van der Waals surface area contributed by atoms with Crippen molar-refractivity contribution < 1.29 is 17.6 Å². The van der Waals surface area contributed by atoms with E-state index in [1.54, 1.807) is 6.07 Å². The van der Waals surface area contributed by atoms with Crippen molar-refractivity contribution in [2.75, 3.05) is 5.32 Å². The third-order valence-electron chi connectivity index (χ3n) is 4.16. The van der Waals surface area contributed by atoms with Gasteiger partial charge in [-0.2, -0.15) is 27.8 Å². The van der Waals surface area contributed by atoms with Gasteiger partial charge in [-0.25, -0.2) is 9.37 Å². The van der Waals surface area contributed by atoms with Gasteiger partial charge in [0.05, 0.1) is 11.3 Å². The average molecular weight is 387 g/mol. The van der Waals surface area contributed by atoms with E-state index in [9.17, 15) is 17.6 Å². The Balaban J connectivity index is 1.70. The van der Waals surface area contributed by atoms with Crippen LogP contribution in [0.15, 0.2) is 60.9 Å². The lowest BCUT2D eigenvalue weighted by Gasteiger charge is -2.15. The molecule has 4 rings (SSSR count). The molecule has 0 fully saturated rings. The molecule has 0 aliphatic rings. The molecule has 5 nitrogen and oxygen atoms in total. The van der Waals surface area contributed by atoms with Crippen LogP contribution in [0.3, 0.4) is 0 Å². The van der Waals surface area contributed by atoms with Crippen LogP contribution in [0.4, 0.5) is 23.4 Å². The molecule has 0 amide bonds. The lowest BCUT2D eigenvalue weighted by atomic mass is 10.1. The van der Waals surface area contributed by atoms with Crippen LogP contribution in [-0.4, -0.2) is 19.6 Å². The quantitative estimate of drug-likeness (QED) is 0.522. The number of nitrogens with zero attached hydrogens (tertiary/aromatic N) is 4. The van der Waals surface area contributed by atoms with E-state index in [0.717, 1.165) is 17.7 Å². The first-order valence-corrected chi connectivity index (χ1v) is 8.27. The number of benzene rings is 2. The maximum atomic E-state index is 13.3. The van der Waals surface area contributed by atoms with E-state index in [-0.39, 0.29) is 12.1 Å². The Morgan fingerprint density at radius 1 is 1.00 bits per heavy atom. The van der Waals surface area contributed by atoms with Gasteiger partial charge in [-0.15, -0.1) is 0 Å². The van der Waals surface area contributed by atoms with Gasteiger partial charge < -0.3 is 5.32 Å². The molecule has 0 bridgehead atoms. The Morgan fingerprint density at radius 3 is 2.54 bits per heavy atom. The Morgan fingerprint density at radius 2 is 1.79 bits per heavy atom. The summed E-state index contributed by atoms with van der Waals surface area (Å²) in [4.78, 5) is 8.47. The fourth-order valence-electron chi connectivity index (χ4n) is 2.85. The summed E-state index contributed by atoms with van der Waals surface area (Å²) in [6.07, 6.45) is -3.35. The molecule has 0 unspecified atom stereocenters. The maximum absolute atomic E-state index is 13.3. The van der Waals surface area contributed by atoms with Crippen molar-refractivity contribution in [2.24, 2.45) is 0 Å². The summed E-state index contributed by atoms with van der Waals surface area (Å²) in [6.45, 7) is -0.178. The van der Waals surface area contributed by atoms with Gasteiger partial charge in [-0.05, 0) is 17.7 Å². The fraction of sp³-hybridized carbons (Fsp3) is 0.105. The van der Waals surface area contributed by atoms with Crippen LogP contribution in [0.2, 0.25) is 0 Å². The van der Waals surface area contributed by atoms with E-state index < -0.39 is 17.6 Å². The van der Waals surface area contributed by atoms with Crippen LogP contribution >= 0.6 is 0 Å². The number of halogens is 4. The van der Waals surface area contributed by atoms with Gasteiger partial charge in [-0.3, -0.25) is 0 Å². The van der Waals surface area contributed by atoms with Gasteiger partial charge in [0.15, 0.2) is 0 Å².